The van der Waals surface area contributed by atoms with E-state index < -0.39 is 9.84 Å². The van der Waals surface area contributed by atoms with E-state index in [0.717, 1.165) is 11.4 Å². The van der Waals surface area contributed by atoms with E-state index in [2.05, 4.69) is 38.1 Å². The van der Waals surface area contributed by atoms with E-state index in [1.165, 1.54) is 11.1 Å². The molecule has 2 aromatic rings. The summed E-state index contributed by atoms with van der Waals surface area (Å²) in [5.74, 6) is 1.77. The fourth-order valence-corrected chi connectivity index (χ4v) is 5.99. The van der Waals surface area contributed by atoms with Crippen LogP contribution in [0.15, 0.2) is 54.6 Å². The predicted molar refractivity (Wildman–Crippen MR) is 118 cm³/mol. The zero-order valence-corrected chi connectivity index (χ0v) is 18.0. The normalized spacial score (nSPS) is 18.3. The standard InChI is InChI=1S/C22H27NO3S2/c1-17(2)19-10-8-18(9-11-19)14-27-15-22(24)23(20-6-4-3-5-7-20)21-12-13-28(25,26)16-21/h3-11,17,21H,12-16H2,1-2H3/t21-/m0/s1. The molecule has 4 nitrogen and oxygen atoms in total. The highest BCUT2D eigenvalue weighted by molar-refractivity contribution is 7.99. The van der Waals surface area contributed by atoms with E-state index in [1.807, 2.05) is 30.3 Å². The van der Waals surface area contributed by atoms with Crippen molar-refractivity contribution in [2.24, 2.45) is 0 Å². The Kier molecular flexibility index (Phi) is 6.83. The summed E-state index contributed by atoms with van der Waals surface area (Å²) in [5.41, 5.74) is 3.27. The number of hydrogen-bond acceptors (Lipinski definition) is 4. The summed E-state index contributed by atoms with van der Waals surface area (Å²) in [6.45, 7) is 4.34. The highest BCUT2D eigenvalue weighted by Gasteiger charge is 2.35. The van der Waals surface area contributed by atoms with Crippen LogP contribution in [0.3, 0.4) is 0 Å². The van der Waals surface area contributed by atoms with Gasteiger partial charge in [-0.15, -0.1) is 11.8 Å². The van der Waals surface area contributed by atoms with Crippen LogP contribution in [-0.4, -0.2) is 37.6 Å². The van der Waals surface area contributed by atoms with Gasteiger partial charge in [-0.05, 0) is 35.6 Å². The third-order valence-electron chi connectivity index (χ3n) is 5.02. The van der Waals surface area contributed by atoms with Gasteiger partial charge in [0.2, 0.25) is 5.91 Å². The van der Waals surface area contributed by atoms with Crippen LogP contribution in [0.1, 0.15) is 37.3 Å². The summed E-state index contributed by atoms with van der Waals surface area (Å²) in [7, 11) is -3.06. The molecule has 0 unspecified atom stereocenters. The zero-order valence-electron chi connectivity index (χ0n) is 16.4. The van der Waals surface area contributed by atoms with Crippen molar-refractivity contribution < 1.29 is 13.2 Å². The van der Waals surface area contributed by atoms with Crippen LogP contribution in [0.25, 0.3) is 0 Å². The van der Waals surface area contributed by atoms with Gasteiger partial charge in [0, 0.05) is 11.4 Å². The largest absolute Gasteiger partial charge is 0.308 e. The first-order valence-electron chi connectivity index (χ1n) is 9.60. The number of anilines is 1. The molecule has 1 heterocycles. The number of hydrogen-bond donors (Lipinski definition) is 0. The number of amides is 1. The second kappa shape index (κ2) is 9.14. The molecule has 0 saturated carbocycles. The van der Waals surface area contributed by atoms with Gasteiger partial charge < -0.3 is 4.90 Å². The molecule has 6 heteroatoms. The van der Waals surface area contributed by atoms with Crippen LogP contribution in [0.2, 0.25) is 0 Å². The van der Waals surface area contributed by atoms with Crippen molar-refractivity contribution in [2.45, 2.75) is 38.0 Å². The molecule has 0 aliphatic carbocycles. The number of carbonyl (C=O) groups excluding carboxylic acids is 1. The van der Waals surface area contributed by atoms with E-state index in [-0.39, 0.29) is 23.5 Å². The van der Waals surface area contributed by atoms with Crippen LogP contribution >= 0.6 is 11.8 Å². The summed E-state index contributed by atoms with van der Waals surface area (Å²) in [6, 6.07) is 17.6. The van der Waals surface area contributed by atoms with E-state index in [9.17, 15) is 13.2 Å². The molecule has 0 aromatic heterocycles. The van der Waals surface area contributed by atoms with E-state index in [1.54, 1.807) is 16.7 Å². The summed E-state index contributed by atoms with van der Waals surface area (Å²) >= 11 is 1.57. The van der Waals surface area contributed by atoms with Crippen molar-refractivity contribution in [3.8, 4) is 0 Å². The van der Waals surface area contributed by atoms with Crippen LogP contribution in [0.4, 0.5) is 5.69 Å². The van der Waals surface area contributed by atoms with Gasteiger partial charge in [0.25, 0.3) is 0 Å². The maximum absolute atomic E-state index is 13.0. The lowest BCUT2D eigenvalue weighted by molar-refractivity contribution is -0.116. The predicted octanol–water partition coefficient (Wildman–Crippen LogP) is 4.26. The summed E-state index contributed by atoms with van der Waals surface area (Å²) in [4.78, 5) is 14.7. The summed E-state index contributed by atoms with van der Waals surface area (Å²) < 4.78 is 23.9. The number of carbonyl (C=O) groups is 1. The third kappa shape index (κ3) is 5.39. The first-order valence-corrected chi connectivity index (χ1v) is 12.6. The Hall–Kier alpha value is -1.79. The zero-order chi connectivity index (χ0) is 20.1. The quantitative estimate of drug-likeness (QED) is 0.675. The molecular weight excluding hydrogens is 390 g/mol. The lowest BCUT2D eigenvalue weighted by Gasteiger charge is -2.28. The Labute approximate surface area is 172 Å². The molecule has 1 atom stereocenters. The van der Waals surface area contributed by atoms with Crippen LogP contribution in [0, 0.1) is 0 Å². The lowest BCUT2D eigenvalue weighted by atomic mass is 10.0. The van der Waals surface area contributed by atoms with Gasteiger partial charge in [-0.1, -0.05) is 56.3 Å². The highest BCUT2D eigenvalue weighted by Crippen LogP contribution is 2.26. The molecule has 0 spiro atoms. The molecule has 150 valence electrons. The van der Waals surface area contributed by atoms with Crippen molar-refractivity contribution >= 4 is 33.2 Å². The Morgan fingerprint density at radius 1 is 1.11 bits per heavy atom. The number of benzene rings is 2. The topological polar surface area (TPSA) is 54.5 Å². The molecule has 0 N–H and O–H groups in total. The fourth-order valence-electron chi connectivity index (χ4n) is 3.45. The molecule has 0 radical (unpaired) electrons. The minimum absolute atomic E-state index is 0.0305. The molecule has 1 amide bonds. The van der Waals surface area contributed by atoms with Gasteiger partial charge in [-0.3, -0.25) is 4.79 Å². The van der Waals surface area contributed by atoms with Crippen molar-refractivity contribution in [3.63, 3.8) is 0 Å². The van der Waals surface area contributed by atoms with Crippen LogP contribution < -0.4 is 4.90 Å². The molecule has 1 fully saturated rings. The van der Waals surface area contributed by atoms with Crippen molar-refractivity contribution in [1.82, 2.24) is 0 Å². The number of nitrogens with zero attached hydrogens (tertiary/aromatic N) is 1. The molecular formula is C22H27NO3S2. The van der Waals surface area contributed by atoms with Gasteiger partial charge in [0.1, 0.15) is 0 Å². The maximum Gasteiger partial charge on any atom is 0.237 e. The van der Waals surface area contributed by atoms with Gasteiger partial charge in [-0.2, -0.15) is 0 Å². The Morgan fingerprint density at radius 3 is 2.36 bits per heavy atom. The van der Waals surface area contributed by atoms with Gasteiger partial charge in [0.15, 0.2) is 9.84 Å². The maximum atomic E-state index is 13.0. The minimum atomic E-state index is -3.06. The average molecular weight is 418 g/mol. The lowest BCUT2D eigenvalue weighted by Crippen LogP contribution is -2.42. The first-order chi connectivity index (χ1) is 13.4. The van der Waals surface area contributed by atoms with Crippen molar-refractivity contribution in [1.29, 1.82) is 0 Å². The monoisotopic (exact) mass is 417 g/mol. The Morgan fingerprint density at radius 2 is 1.79 bits per heavy atom. The van der Waals surface area contributed by atoms with E-state index in [4.69, 9.17) is 0 Å². The van der Waals surface area contributed by atoms with E-state index in [0.29, 0.717) is 18.1 Å². The highest BCUT2D eigenvalue weighted by atomic mass is 32.2. The van der Waals surface area contributed by atoms with Crippen molar-refractivity contribution in [3.05, 3.63) is 65.7 Å². The number of rotatable bonds is 7. The third-order valence-corrected chi connectivity index (χ3v) is 7.76. The number of sulfone groups is 1. The number of thioether (sulfide) groups is 1. The molecule has 1 saturated heterocycles. The Balaban J connectivity index is 1.65. The van der Waals surface area contributed by atoms with Crippen molar-refractivity contribution in [2.75, 3.05) is 22.2 Å². The van der Waals surface area contributed by atoms with Gasteiger partial charge >= 0.3 is 0 Å². The second-order valence-electron chi connectivity index (χ2n) is 7.55. The first kappa shape index (κ1) is 20.9. The summed E-state index contributed by atoms with van der Waals surface area (Å²) in [6.07, 6.45) is 0.504. The molecule has 1 aliphatic heterocycles. The SMILES string of the molecule is CC(C)c1ccc(CSCC(=O)N(c2ccccc2)[C@H]2CCS(=O)(=O)C2)cc1. The molecule has 28 heavy (non-hydrogen) atoms. The fraction of sp³-hybridized carbons (Fsp3) is 0.409. The number of para-hydroxylation sites is 1. The van der Waals surface area contributed by atoms with E-state index >= 15 is 0 Å². The molecule has 1 aliphatic rings. The van der Waals surface area contributed by atoms with Gasteiger partial charge in [-0.25, -0.2) is 8.42 Å². The molecule has 3 rings (SSSR count). The summed E-state index contributed by atoms with van der Waals surface area (Å²) in [5, 5.41) is 0. The molecule has 0 bridgehead atoms. The molecule has 2 aromatic carbocycles. The van der Waals surface area contributed by atoms with Gasteiger partial charge in [0.05, 0.1) is 23.3 Å². The average Bonchev–Trinajstić information content (AvgIpc) is 3.02. The smallest absolute Gasteiger partial charge is 0.237 e. The minimum Gasteiger partial charge on any atom is -0.308 e. The Bertz CT molecular complexity index is 893. The van der Waals surface area contributed by atoms with Crippen LogP contribution in [0.5, 0.6) is 0 Å². The second-order valence-corrected chi connectivity index (χ2v) is 10.8. The van der Waals surface area contributed by atoms with Crippen LogP contribution in [-0.2, 0) is 20.4 Å².